The normalized spacial score (nSPS) is 16.4. The van der Waals surface area contributed by atoms with Crippen LogP contribution >= 0.6 is 22.9 Å². The summed E-state index contributed by atoms with van der Waals surface area (Å²) in [5, 5.41) is 13.6. The van der Waals surface area contributed by atoms with Crippen molar-refractivity contribution in [2.75, 3.05) is 38.6 Å². The van der Waals surface area contributed by atoms with Gasteiger partial charge in [-0.3, -0.25) is 4.90 Å². The Hall–Kier alpha value is -1.44. The van der Waals surface area contributed by atoms with Crippen LogP contribution < -0.4 is 10.5 Å². The molecular weight excluding hydrogens is 596 g/mol. The summed E-state index contributed by atoms with van der Waals surface area (Å²) in [7, 11) is 0. The minimum Gasteiger partial charge on any atom is -0.507 e. The predicted octanol–water partition coefficient (Wildman–Crippen LogP) is 3.79. The van der Waals surface area contributed by atoms with E-state index in [-0.39, 0.29) is 32.4 Å². The fourth-order valence-electron chi connectivity index (χ4n) is 3.44. The Morgan fingerprint density at radius 1 is 1.33 bits per heavy atom. The fourth-order valence-corrected chi connectivity index (χ4v) is 4.26. The Labute approximate surface area is 198 Å². The number of rotatable bonds is 5. The molecule has 0 atom stereocenters. The van der Waals surface area contributed by atoms with Crippen molar-refractivity contribution in [3.63, 3.8) is 0 Å². The Balaban J connectivity index is 0.00000256. The van der Waals surface area contributed by atoms with Gasteiger partial charge in [0, 0.05) is 56.5 Å². The Morgan fingerprint density at radius 3 is 2.83 bits per heavy atom. The molecule has 1 aromatic carbocycles. The van der Waals surface area contributed by atoms with E-state index in [2.05, 4.69) is 28.7 Å². The number of nitrogens with two attached hydrogens (primary N) is 1. The first-order valence-electron chi connectivity index (χ1n) is 9.34. The van der Waals surface area contributed by atoms with Crippen LogP contribution in [-0.2, 0) is 25.8 Å². The van der Waals surface area contributed by atoms with Crippen LogP contribution in [0.2, 0.25) is 5.02 Å². The summed E-state index contributed by atoms with van der Waals surface area (Å²) >= 11 is 7.90. The van der Waals surface area contributed by atoms with Crippen molar-refractivity contribution in [3.05, 3.63) is 28.6 Å². The minimum atomic E-state index is -0.0214. The predicted molar refractivity (Wildman–Crippen MR) is 116 cm³/mol. The second-order valence-electron chi connectivity index (χ2n) is 7.57. The van der Waals surface area contributed by atoms with Crippen molar-refractivity contribution in [2.45, 2.75) is 19.4 Å². The van der Waals surface area contributed by atoms with Gasteiger partial charge in [-0.25, -0.2) is 9.97 Å². The van der Waals surface area contributed by atoms with Crippen molar-refractivity contribution in [1.82, 2.24) is 14.9 Å². The molecule has 0 unspecified atom stereocenters. The maximum atomic E-state index is 10.4. The Kier molecular flexibility index (Phi) is 7.25. The van der Waals surface area contributed by atoms with Crippen LogP contribution in [0.3, 0.4) is 0 Å². The van der Waals surface area contributed by atoms with Gasteiger partial charge in [-0.15, -0.1) is 11.3 Å². The fraction of sp³-hybridized carbons (Fsp3) is 0.400. The number of fused-ring (bicyclic) bond motifs is 1. The summed E-state index contributed by atoms with van der Waals surface area (Å²) in [4.78, 5) is 11.2. The quantitative estimate of drug-likeness (QED) is 0.450. The molecule has 0 radical (unpaired) electrons. The molecule has 0 spiro atoms. The first-order valence-corrected chi connectivity index (χ1v) is 10.6. The number of nitrogen functional groups attached to an aromatic ring is 1. The molecule has 3 N–H and O–H groups in total. The zero-order chi connectivity index (χ0) is 20.6. The largest absolute Gasteiger partial charge is 0.507 e. The van der Waals surface area contributed by atoms with E-state index in [1.165, 1.54) is 11.3 Å². The van der Waals surface area contributed by atoms with Gasteiger partial charge in [0.15, 0.2) is 5.13 Å². The maximum Gasteiger partial charge on any atom is 0.180 e. The SMILES string of the molecule is CC1(C)COCCN1CCOc1ccc2c(O)cc(-c3csc(N)n3)nc2c1Cl.[W]. The molecule has 30 heavy (non-hydrogen) atoms. The maximum absolute atomic E-state index is 10.4. The van der Waals surface area contributed by atoms with Crippen LogP contribution in [0.5, 0.6) is 11.5 Å². The molecule has 2 aromatic heterocycles. The van der Waals surface area contributed by atoms with E-state index in [1.807, 2.05) is 0 Å². The van der Waals surface area contributed by atoms with Crippen molar-refractivity contribution in [3.8, 4) is 22.9 Å². The summed E-state index contributed by atoms with van der Waals surface area (Å²) < 4.78 is 11.5. The zero-order valence-corrected chi connectivity index (χ0v) is 21.2. The van der Waals surface area contributed by atoms with Crippen LogP contribution in [0.25, 0.3) is 22.3 Å². The molecule has 4 rings (SSSR count). The number of morpholine rings is 1. The average molecular weight is 619 g/mol. The Morgan fingerprint density at radius 2 is 2.13 bits per heavy atom. The number of anilines is 1. The van der Waals surface area contributed by atoms with Gasteiger partial charge in [-0.05, 0) is 26.0 Å². The molecule has 160 valence electrons. The molecular formula is C20H23ClN4O3SW. The number of nitrogens with zero attached hydrogens (tertiary/aromatic N) is 3. The van der Waals surface area contributed by atoms with Gasteiger partial charge >= 0.3 is 0 Å². The van der Waals surface area contributed by atoms with Crippen molar-refractivity contribution in [2.24, 2.45) is 0 Å². The van der Waals surface area contributed by atoms with Crippen molar-refractivity contribution in [1.29, 1.82) is 0 Å². The van der Waals surface area contributed by atoms with E-state index < -0.39 is 0 Å². The van der Waals surface area contributed by atoms with Gasteiger partial charge in [0.2, 0.25) is 0 Å². The number of benzene rings is 1. The molecule has 7 nitrogen and oxygen atoms in total. The molecule has 1 saturated heterocycles. The van der Waals surface area contributed by atoms with E-state index in [4.69, 9.17) is 26.8 Å². The molecule has 0 amide bonds. The van der Waals surface area contributed by atoms with E-state index >= 15 is 0 Å². The van der Waals surface area contributed by atoms with Gasteiger partial charge in [-0.2, -0.15) is 0 Å². The van der Waals surface area contributed by atoms with Gasteiger partial charge < -0.3 is 20.3 Å². The first kappa shape index (κ1) is 23.2. The molecule has 3 heterocycles. The molecule has 3 aromatic rings. The van der Waals surface area contributed by atoms with Gasteiger partial charge in [0.05, 0.1) is 24.4 Å². The smallest absolute Gasteiger partial charge is 0.180 e. The van der Waals surface area contributed by atoms with Crippen LogP contribution in [0.1, 0.15) is 13.8 Å². The van der Waals surface area contributed by atoms with E-state index in [9.17, 15) is 5.11 Å². The third-order valence-electron chi connectivity index (χ3n) is 5.08. The van der Waals surface area contributed by atoms with Gasteiger partial charge in [0.1, 0.15) is 28.8 Å². The number of pyridine rings is 1. The summed E-state index contributed by atoms with van der Waals surface area (Å²) in [6, 6.07) is 5.09. The van der Waals surface area contributed by atoms with Crippen molar-refractivity contribution >= 4 is 39.0 Å². The number of hydrogen-bond acceptors (Lipinski definition) is 8. The molecule has 10 heteroatoms. The molecule has 0 saturated carbocycles. The van der Waals surface area contributed by atoms with Crippen LogP contribution in [0, 0.1) is 0 Å². The molecule has 1 fully saturated rings. The standard InChI is InChI=1S/C20H23ClN4O3S.W/c1-20(2)11-27-7-5-25(20)6-8-28-16-4-3-12-15(26)9-13(23-18(12)17(16)21)14-10-29-19(22)24-14;/h3-4,9-10H,5-8,11H2,1-2H3,(H2,22,24)(H,23,26);. The van der Waals surface area contributed by atoms with E-state index in [0.29, 0.717) is 51.4 Å². The van der Waals surface area contributed by atoms with Crippen LogP contribution in [0.4, 0.5) is 5.13 Å². The third-order valence-corrected chi connectivity index (χ3v) is 6.12. The summed E-state index contributed by atoms with van der Waals surface area (Å²) in [6.45, 7) is 7.88. The van der Waals surface area contributed by atoms with Crippen LogP contribution in [-0.4, -0.2) is 58.4 Å². The van der Waals surface area contributed by atoms with Crippen molar-refractivity contribution < 1.29 is 35.6 Å². The molecule has 1 aliphatic rings. The first-order chi connectivity index (χ1) is 13.8. The molecule has 0 bridgehead atoms. The second-order valence-corrected chi connectivity index (χ2v) is 8.84. The summed E-state index contributed by atoms with van der Waals surface area (Å²) in [5.41, 5.74) is 7.27. The number of thiazole rings is 1. The van der Waals surface area contributed by atoms with Gasteiger partial charge in [0.25, 0.3) is 0 Å². The number of hydrogen-bond donors (Lipinski definition) is 2. The number of halogens is 1. The van der Waals surface area contributed by atoms with E-state index in [1.54, 1.807) is 23.6 Å². The third kappa shape index (κ3) is 4.73. The number of aromatic hydroxyl groups is 1. The number of aromatic nitrogens is 2. The van der Waals surface area contributed by atoms with Gasteiger partial charge in [-0.1, -0.05) is 11.6 Å². The molecule has 1 aliphatic heterocycles. The van der Waals surface area contributed by atoms with Crippen LogP contribution in [0.15, 0.2) is 23.6 Å². The summed E-state index contributed by atoms with van der Waals surface area (Å²) in [5.74, 6) is 0.618. The minimum absolute atomic E-state index is 0. The van der Waals surface area contributed by atoms with E-state index in [0.717, 1.165) is 19.7 Å². The molecule has 0 aliphatic carbocycles. The topological polar surface area (TPSA) is 93.7 Å². The monoisotopic (exact) mass is 618 g/mol. The zero-order valence-electron chi connectivity index (χ0n) is 16.7. The average Bonchev–Trinajstić information content (AvgIpc) is 3.11. The summed E-state index contributed by atoms with van der Waals surface area (Å²) in [6.07, 6.45) is 0. The Bertz CT molecular complexity index is 1050. The second kappa shape index (κ2) is 9.37. The number of ether oxygens (including phenoxy) is 2.